The van der Waals surface area contributed by atoms with Crippen molar-refractivity contribution < 1.29 is 4.79 Å². The molecule has 1 aromatic carbocycles. The van der Waals surface area contributed by atoms with Crippen molar-refractivity contribution in [1.29, 1.82) is 0 Å². The van der Waals surface area contributed by atoms with Gasteiger partial charge in [0.2, 0.25) is 5.91 Å². The van der Waals surface area contributed by atoms with E-state index in [9.17, 15) is 4.79 Å². The monoisotopic (exact) mass is 279 g/mol. The summed E-state index contributed by atoms with van der Waals surface area (Å²) in [6.07, 6.45) is 1.76. The van der Waals surface area contributed by atoms with E-state index in [-0.39, 0.29) is 5.91 Å². The first-order valence-corrected chi connectivity index (χ1v) is 6.00. The predicted octanol–water partition coefficient (Wildman–Crippen LogP) is 3.26. The first-order chi connectivity index (χ1) is 7.48. The minimum absolute atomic E-state index is 0.139. The molecule has 0 unspecified atom stereocenters. The lowest BCUT2D eigenvalue weighted by atomic mass is 9.86. The molecular formula is C13H14BrNO. The molecule has 1 aliphatic rings. The van der Waals surface area contributed by atoms with Gasteiger partial charge in [0.25, 0.3) is 0 Å². The Morgan fingerprint density at radius 1 is 1.50 bits per heavy atom. The van der Waals surface area contributed by atoms with Crippen molar-refractivity contribution in [2.75, 3.05) is 11.4 Å². The molecule has 0 bridgehead atoms. The number of hydrogen-bond donors (Lipinski definition) is 0. The molecule has 0 saturated carbocycles. The molecule has 0 radical (unpaired) electrons. The van der Waals surface area contributed by atoms with Crippen LogP contribution in [0.25, 0.3) is 0 Å². The summed E-state index contributed by atoms with van der Waals surface area (Å²) in [5.74, 6) is 0.139. The van der Waals surface area contributed by atoms with Crippen molar-refractivity contribution >= 4 is 27.5 Å². The van der Waals surface area contributed by atoms with E-state index in [0.29, 0.717) is 6.54 Å². The van der Waals surface area contributed by atoms with Crippen LogP contribution in [0.5, 0.6) is 0 Å². The van der Waals surface area contributed by atoms with Gasteiger partial charge in [-0.15, -0.1) is 6.58 Å². The number of benzene rings is 1. The summed E-state index contributed by atoms with van der Waals surface area (Å²) in [6, 6.07) is 5.97. The molecule has 84 valence electrons. The Bertz CT molecular complexity index is 465. The highest BCUT2D eigenvalue weighted by molar-refractivity contribution is 9.10. The third-order valence-corrected chi connectivity index (χ3v) is 3.51. The molecule has 1 aliphatic heterocycles. The lowest BCUT2D eigenvalue weighted by Gasteiger charge is -2.18. The van der Waals surface area contributed by atoms with E-state index < -0.39 is 5.41 Å². The summed E-state index contributed by atoms with van der Waals surface area (Å²) in [7, 11) is 0. The summed E-state index contributed by atoms with van der Waals surface area (Å²) in [5, 5.41) is 0. The molecule has 0 aromatic heterocycles. The van der Waals surface area contributed by atoms with Crippen molar-refractivity contribution in [1.82, 2.24) is 0 Å². The van der Waals surface area contributed by atoms with Crippen molar-refractivity contribution in [3.05, 3.63) is 40.9 Å². The number of nitrogens with zero attached hydrogens (tertiary/aromatic N) is 1. The van der Waals surface area contributed by atoms with Crippen LogP contribution in [-0.2, 0) is 10.2 Å². The van der Waals surface area contributed by atoms with Crippen molar-refractivity contribution in [2.24, 2.45) is 0 Å². The maximum atomic E-state index is 12.2. The average molecular weight is 280 g/mol. The minimum Gasteiger partial charge on any atom is -0.308 e. The van der Waals surface area contributed by atoms with Gasteiger partial charge in [0, 0.05) is 16.7 Å². The zero-order valence-corrected chi connectivity index (χ0v) is 11.0. The standard InChI is InChI=1S/C13H14BrNO/c1-4-7-15-11-6-5-9(14)8-10(11)13(2,3)12(15)16/h4-6,8H,1,7H2,2-3H3. The van der Waals surface area contributed by atoms with Gasteiger partial charge in [-0.1, -0.05) is 22.0 Å². The van der Waals surface area contributed by atoms with Crippen LogP contribution in [0.2, 0.25) is 0 Å². The van der Waals surface area contributed by atoms with E-state index in [0.717, 1.165) is 15.7 Å². The first kappa shape index (κ1) is 11.4. The molecule has 1 aromatic rings. The fraction of sp³-hybridized carbons (Fsp3) is 0.308. The number of hydrogen-bond acceptors (Lipinski definition) is 1. The average Bonchev–Trinajstić information content (AvgIpc) is 2.41. The van der Waals surface area contributed by atoms with Gasteiger partial charge in [-0.2, -0.15) is 0 Å². The molecule has 0 aliphatic carbocycles. The Kier molecular flexibility index (Phi) is 2.66. The van der Waals surface area contributed by atoms with Gasteiger partial charge in [-0.25, -0.2) is 0 Å². The maximum absolute atomic E-state index is 12.2. The molecule has 16 heavy (non-hydrogen) atoms. The van der Waals surface area contributed by atoms with Crippen LogP contribution in [0, 0.1) is 0 Å². The van der Waals surface area contributed by atoms with Crippen molar-refractivity contribution in [2.45, 2.75) is 19.3 Å². The van der Waals surface area contributed by atoms with Crippen LogP contribution in [0.3, 0.4) is 0 Å². The van der Waals surface area contributed by atoms with E-state index in [1.165, 1.54) is 0 Å². The second-order valence-electron chi connectivity index (χ2n) is 4.49. The zero-order valence-electron chi connectivity index (χ0n) is 9.46. The molecule has 0 N–H and O–H groups in total. The number of carbonyl (C=O) groups excluding carboxylic acids is 1. The molecular weight excluding hydrogens is 266 g/mol. The van der Waals surface area contributed by atoms with Crippen LogP contribution in [0.4, 0.5) is 5.69 Å². The molecule has 2 nitrogen and oxygen atoms in total. The van der Waals surface area contributed by atoms with E-state index in [1.54, 1.807) is 11.0 Å². The Balaban J connectivity index is 2.60. The SMILES string of the molecule is C=CCN1C(=O)C(C)(C)c2cc(Br)ccc21. The summed E-state index contributed by atoms with van der Waals surface area (Å²) in [6.45, 7) is 8.18. The smallest absolute Gasteiger partial charge is 0.237 e. The van der Waals surface area contributed by atoms with Gasteiger partial charge in [-0.05, 0) is 37.6 Å². The quantitative estimate of drug-likeness (QED) is 0.761. The lowest BCUT2D eigenvalue weighted by molar-refractivity contribution is -0.121. The Morgan fingerprint density at radius 3 is 2.81 bits per heavy atom. The normalized spacial score (nSPS) is 17.4. The van der Waals surface area contributed by atoms with Gasteiger partial charge in [-0.3, -0.25) is 4.79 Å². The van der Waals surface area contributed by atoms with Gasteiger partial charge in [0.05, 0.1) is 5.41 Å². The van der Waals surface area contributed by atoms with Crippen LogP contribution < -0.4 is 4.90 Å². The number of carbonyl (C=O) groups is 1. The van der Waals surface area contributed by atoms with Crippen LogP contribution >= 0.6 is 15.9 Å². The van der Waals surface area contributed by atoms with Crippen LogP contribution in [-0.4, -0.2) is 12.5 Å². The second-order valence-corrected chi connectivity index (χ2v) is 5.41. The number of halogens is 1. The predicted molar refractivity (Wildman–Crippen MR) is 69.7 cm³/mol. The van der Waals surface area contributed by atoms with E-state index in [1.807, 2.05) is 32.0 Å². The molecule has 0 saturated heterocycles. The molecule has 3 heteroatoms. The molecule has 0 atom stereocenters. The number of amides is 1. The van der Waals surface area contributed by atoms with Gasteiger partial charge >= 0.3 is 0 Å². The van der Waals surface area contributed by atoms with Gasteiger partial charge in [0.15, 0.2) is 0 Å². The summed E-state index contributed by atoms with van der Waals surface area (Å²) in [5.41, 5.74) is 1.63. The van der Waals surface area contributed by atoms with Crippen LogP contribution in [0.15, 0.2) is 35.3 Å². The highest BCUT2D eigenvalue weighted by atomic mass is 79.9. The number of fused-ring (bicyclic) bond motifs is 1. The summed E-state index contributed by atoms with van der Waals surface area (Å²) >= 11 is 3.45. The summed E-state index contributed by atoms with van der Waals surface area (Å²) in [4.78, 5) is 14.0. The lowest BCUT2D eigenvalue weighted by Crippen LogP contribution is -2.36. The fourth-order valence-electron chi connectivity index (χ4n) is 2.12. The topological polar surface area (TPSA) is 20.3 Å². The van der Waals surface area contributed by atoms with E-state index in [2.05, 4.69) is 22.5 Å². The first-order valence-electron chi connectivity index (χ1n) is 5.21. The zero-order chi connectivity index (χ0) is 11.9. The molecule has 0 fully saturated rings. The Labute approximate surface area is 104 Å². The molecule has 2 rings (SSSR count). The second kappa shape index (κ2) is 3.74. The van der Waals surface area contributed by atoms with Crippen molar-refractivity contribution in [3.8, 4) is 0 Å². The minimum atomic E-state index is -0.442. The highest BCUT2D eigenvalue weighted by Crippen LogP contribution is 2.42. The number of rotatable bonds is 2. The van der Waals surface area contributed by atoms with E-state index >= 15 is 0 Å². The Hall–Kier alpha value is -1.09. The molecule has 0 spiro atoms. The Morgan fingerprint density at radius 2 is 2.19 bits per heavy atom. The highest BCUT2D eigenvalue weighted by Gasteiger charge is 2.43. The maximum Gasteiger partial charge on any atom is 0.237 e. The van der Waals surface area contributed by atoms with Crippen LogP contribution in [0.1, 0.15) is 19.4 Å². The summed E-state index contributed by atoms with van der Waals surface area (Å²) < 4.78 is 1.01. The van der Waals surface area contributed by atoms with E-state index in [4.69, 9.17) is 0 Å². The molecule has 1 heterocycles. The number of anilines is 1. The largest absolute Gasteiger partial charge is 0.308 e. The van der Waals surface area contributed by atoms with Gasteiger partial charge in [0.1, 0.15) is 0 Å². The van der Waals surface area contributed by atoms with Gasteiger partial charge < -0.3 is 4.90 Å². The molecule has 1 amide bonds. The third kappa shape index (κ3) is 1.50. The fourth-order valence-corrected chi connectivity index (χ4v) is 2.48. The van der Waals surface area contributed by atoms with Crippen molar-refractivity contribution in [3.63, 3.8) is 0 Å². The third-order valence-electron chi connectivity index (χ3n) is 3.01.